The summed E-state index contributed by atoms with van der Waals surface area (Å²) in [6, 6.07) is 22.1. The summed E-state index contributed by atoms with van der Waals surface area (Å²) in [5.74, 6) is 1.52. The van der Waals surface area contributed by atoms with Crippen molar-refractivity contribution in [3.8, 4) is 5.75 Å². The number of thiophene rings is 1. The summed E-state index contributed by atoms with van der Waals surface area (Å²) in [6.45, 7) is 0.577. The Hall–Kier alpha value is -3.16. The molecule has 3 aromatic heterocycles. The molecule has 160 valence electrons. The maximum Gasteiger partial charge on any atom is 0.272 e. The van der Waals surface area contributed by atoms with Crippen LogP contribution in [-0.2, 0) is 18.7 Å². The molecule has 0 N–H and O–H groups in total. The van der Waals surface area contributed by atoms with Crippen molar-refractivity contribution >= 4 is 43.5 Å². The first kappa shape index (κ1) is 20.7. The van der Waals surface area contributed by atoms with E-state index in [9.17, 15) is 4.79 Å². The Bertz CT molecular complexity index is 1440. The molecule has 0 fully saturated rings. The van der Waals surface area contributed by atoms with Gasteiger partial charge < -0.3 is 4.74 Å². The summed E-state index contributed by atoms with van der Waals surface area (Å²) in [5.41, 5.74) is 3.06. The van der Waals surface area contributed by atoms with E-state index < -0.39 is 0 Å². The fourth-order valence-corrected chi connectivity index (χ4v) is 5.64. The van der Waals surface area contributed by atoms with Crippen LogP contribution in [0.1, 0.15) is 11.1 Å². The van der Waals surface area contributed by atoms with E-state index in [0.717, 1.165) is 38.6 Å². The smallest absolute Gasteiger partial charge is 0.272 e. The minimum absolute atomic E-state index is 0.00192. The molecule has 2 aromatic carbocycles. The van der Waals surface area contributed by atoms with Crippen LogP contribution >= 0.6 is 23.1 Å². The molecule has 0 saturated carbocycles. The Labute approximate surface area is 193 Å². The number of hydrogen-bond acceptors (Lipinski definition) is 6. The van der Waals surface area contributed by atoms with Gasteiger partial charge in [-0.2, -0.15) is 0 Å². The number of aromatic nitrogens is 3. The zero-order chi connectivity index (χ0) is 21.9. The highest BCUT2D eigenvalue weighted by molar-refractivity contribution is 7.98. The first-order chi connectivity index (χ1) is 15.7. The first-order valence-corrected chi connectivity index (χ1v) is 12.1. The van der Waals surface area contributed by atoms with Crippen LogP contribution in [0.2, 0.25) is 0 Å². The van der Waals surface area contributed by atoms with E-state index in [0.29, 0.717) is 17.0 Å². The van der Waals surface area contributed by atoms with E-state index in [1.54, 1.807) is 25.1 Å². The Morgan fingerprint density at radius 3 is 2.72 bits per heavy atom. The maximum atomic E-state index is 13.5. The van der Waals surface area contributed by atoms with Gasteiger partial charge in [-0.05, 0) is 41.8 Å². The van der Waals surface area contributed by atoms with Gasteiger partial charge in [0.1, 0.15) is 15.3 Å². The van der Waals surface area contributed by atoms with Gasteiger partial charge in [-0.3, -0.25) is 9.36 Å². The second kappa shape index (κ2) is 9.14. The second-order valence-electron chi connectivity index (χ2n) is 7.36. The molecule has 0 atom stereocenters. The largest absolute Gasteiger partial charge is 0.497 e. The molecule has 0 amide bonds. The number of rotatable bonds is 7. The fourth-order valence-electron chi connectivity index (χ4n) is 3.64. The minimum atomic E-state index is 0.00192. The fraction of sp³-hybridized carbons (Fsp3) is 0.160. The third-order valence-electron chi connectivity index (χ3n) is 5.29. The van der Waals surface area contributed by atoms with E-state index in [4.69, 9.17) is 9.72 Å². The van der Waals surface area contributed by atoms with Gasteiger partial charge in [-0.1, -0.05) is 54.2 Å². The molecule has 0 bridgehead atoms. The Balaban J connectivity index is 1.55. The molecule has 32 heavy (non-hydrogen) atoms. The van der Waals surface area contributed by atoms with Gasteiger partial charge >= 0.3 is 0 Å². The molecule has 0 aliphatic rings. The van der Waals surface area contributed by atoms with Crippen molar-refractivity contribution in [1.29, 1.82) is 0 Å². The van der Waals surface area contributed by atoms with Gasteiger partial charge in [-0.15, -0.1) is 11.3 Å². The van der Waals surface area contributed by atoms with Crippen molar-refractivity contribution < 1.29 is 4.74 Å². The summed E-state index contributed by atoms with van der Waals surface area (Å²) in [6.07, 6.45) is 2.52. The van der Waals surface area contributed by atoms with Gasteiger partial charge in [0.05, 0.1) is 12.6 Å². The first-order valence-electron chi connectivity index (χ1n) is 10.3. The second-order valence-corrected chi connectivity index (χ2v) is 9.30. The lowest BCUT2D eigenvalue weighted by Crippen LogP contribution is -2.23. The van der Waals surface area contributed by atoms with E-state index in [1.807, 2.05) is 53.1 Å². The lowest BCUT2D eigenvalue weighted by atomic mass is 10.1. The summed E-state index contributed by atoms with van der Waals surface area (Å²) < 4.78 is 7.83. The topological polar surface area (TPSA) is 57.0 Å². The summed E-state index contributed by atoms with van der Waals surface area (Å²) in [5, 5.41) is 1.66. The number of benzene rings is 2. The number of fused-ring (bicyclic) bond motifs is 3. The molecule has 0 saturated heterocycles. The molecule has 5 aromatic rings. The monoisotopic (exact) mass is 459 g/mol. The zero-order valence-electron chi connectivity index (χ0n) is 17.5. The van der Waals surface area contributed by atoms with Gasteiger partial charge in [0, 0.05) is 23.9 Å². The van der Waals surface area contributed by atoms with Crippen molar-refractivity contribution in [3.05, 3.63) is 94.4 Å². The Morgan fingerprint density at radius 1 is 1.03 bits per heavy atom. The number of ether oxygens (including phenoxy) is 1. The minimum Gasteiger partial charge on any atom is -0.497 e. The van der Waals surface area contributed by atoms with E-state index in [2.05, 4.69) is 23.2 Å². The van der Waals surface area contributed by atoms with Crippen LogP contribution < -0.4 is 10.3 Å². The molecule has 0 aliphatic carbocycles. The molecular formula is C25H21N3O2S2. The molecule has 0 unspecified atom stereocenters. The molecular weight excluding hydrogens is 438 g/mol. The van der Waals surface area contributed by atoms with Crippen molar-refractivity contribution in [2.24, 2.45) is 0 Å². The van der Waals surface area contributed by atoms with Gasteiger partial charge in [0.25, 0.3) is 5.56 Å². The maximum absolute atomic E-state index is 13.5. The Kier molecular flexibility index (Phi) is 5.92. The van der Waals surface area contributed by atoms with E-state index in [-0.39, 0.29) is 5.56 Å². The number of thioether (sulfide) groups is 1. The zero-order valence-corrected chi connectivity index (χ0v) is 19.2. The van der Waals surface area contributed by atoms with Crippen LogP contribution in [0.15, 0.2) is 82.9 Å². The Morgan fingerprint density at radius 2 is 1.88 bits per heavy atom. The standard InChI is InChI=1S/C25H21N3O2S2/c1-30-19-10-5-9-18(15-19)16-31-25-27-21-20-11-6-13-26-23(20)32-22(21)24(29)28(25)14-12-17-7-3-2-4-8-17/h2-11,13,15H,12,14,16H2,1H3. The van der Waals surface area contributed by atoms with Crippen molar-refractivity contribution in [2.75, 3.05) is 7.11 Å². The molecule has 5 nitrogen and oxygen atoms in total. The highest BCUT2D eigenvalue weighted by atomic mass is 32.2. The molecule has 0 spiro atoms. The predicted molar refractivity (Wildman–Crippen MR) is 132 cm³/mol. The van der Waals surface area contributed by atoms with Gasteiger partial charge in [-0.25, -0.2) is 9.97 Å². The average molecular weight is 460 g/mol. The molecule has 0 radical (unpaired) electrons. The quantitative estimate of drug-likeness (QED) is 0.236. The van der Waals surface area contributed by atoms with E-state index >= 15 is 0 Å². The number of hydrogen-bond donors (Lipinski definition) is 0. The molecule has 0 aliphatic heterocycles. The average Bonchev–Trinajstić information content (AvgIpc) is 3.22. The summed E-state index contributed by atoms with van der Waals surface area (Å²) in [4.78, 5) is 23.8. The van der Waals surface area contributed by atoms with E-state index in [1.165, 1.54) is 16.9 Å². The number of nitrogens with zero attached hydrogens (tertiary/aromatic N) is 3. The number of aryl methyl sites for hydroxylation is 1. The van der Waals surface area contributed by atoms with Gasteiger partial charge in [0.2, 0.25) is 0 Å². The number of pyridine rings is 1. The molecule has 5 rings (SSSR count). The summed E-state index contributed by atoms with van der Waals surface area (Å²) >= 11 is 3.00. The normalized spacial score (nSPS) is 11.3. The van der Waals surface area contributed by atoms with Crippen LogP contribution in [0.3, 0.4) is 0 Å². The third kappa shape index (κ3) is 4.13. The summed E-state index contributed by atoms with van der Waals surface area (Å²) in [7, 11) is 1.67. The van der Waals surface area contributed by atoms with Crippen molar-refractivity contribution in [3.63, 3.8) is 0 Å². The molecule has 3 heterocycles. The predicted octanol–water partition coefficient (Wildman–Crippen LogP) is 5.55. The highest BCUT2D eigenvalue weighted by Crippen LogP contribution is 2.31. The van der Waals surface area contributed by atoms with Gasteiger partial charge in [0.15, 0.2) is 5.16 Å². The highest BCUT2D eigenvalue weighted by Gasteiger charge is 2.17. The van der Waals surface area contributed by atoms with Crippen molar-refractivity contribution in [2.45, 2.75) is 23.9 Å². The van der Waals surface area contributed by atoms with Crippen LogP contribution in [0, 0.1) is 0 Å². The van der Waals surface area contributed by atoms with Crippen LogP contribution in [0.25, 0.3) is 20.4 Å². The third-order valence-corrected chi connectivity index (χ3v) is 7.43. The SMILES string of the molecule is COc1cccc(CSc2nc3c(sc4ncccc43)c(=O)n2CCc2ccccc2)c1. The van der Waals surface area contributed by atoms with Crippen LogP contribution in [0.4, 0.5) is 0 Å². The lowest BCUT2D eigenvalue weighted by Gasteiger charge is -2.12. The molecule has 7 heteroatoms. The van der Waals surface area contributed by atoms with Crippen LogP contribution in [0.5, 0.6) is 5.75 Å². The van der Waals surface area contributed by atoms with Crippen LogP contribution in [-0.4, -0.2) is 21.6 Å². The lowest BCUT2D eigenvalue weighted by molar-refractivity contribution is 0.414. The number of methoxy groups -OCH3 is 1. The van der Waals surface area contributed by atoms with Crippen molar-refractivity contribution in [1.82, 2.24) is 14.5 Å².